The van der Waals surface area contributed by atoms with Crippen LogP contribution >= 0.6 is 11.8 Å². The molecule has 3 heterocycles. The first kappa shape index (κ1) is 26.4. The number of benzene rings is 5. The molecule has 0 saturated carbocycles. The summed E-state index contributed by atoms with van der Waals surface area (Å²) in [6, 6.07) is 44.8. The van der Waals surface area contributed by atoms with E-state index in [2.05, 4.69) is 116 Å². The van der Waals surface area contributed by atoms with Gasteiger partial charge in [-0.1, -0.05) is 98.4 Å². The van der Waals surface area contributed by atoms with Gasteiger partial charge in [0.25, 0.3) is 0 Å². The minimum absolute atomic E-state index is 0.116. The predicted octanol–water partition coefficient (Wildman–Crippen LogP) is 10.4. The van der Waals surface area contributed by atoms with Crippen molar-refractivity contribution in [2.75, 3.05) is 0 Å². The van der Waals surface area contributed by atoms with Gasteiger partial charge in [-0.05, 0) is 81.9 Å². The molecular weight excluding hydrogens is 555 g/mol. The second-order valence-electron chi connectivity index (χ2n) is 11.8. The van der Waals surface area contributed by atoms with Crippen LogP contribution in [0.1, 0.15) is 30.5 Å². The number of rotatable bonds is 3. The number of nitrogens with zero attached hydrogens (tertiary/aromatic N) is 3. The summed E-state index contributed by atoms with van der Waals surface area (Å²) >= 11 is 1.86. The Balaban J connectivity index is 1.36. The van der Waals surface area contributed by atoms with Crippen LogP contribution in [0.15, 0.2) is 137 Å². The number of nitriles is 1. The lowest BCUT2D eigenvalue weighted by molar-refractivity contribution is 0.608. The molecule has 5 aromatic carbocycles. The number of aromatic nitrogens is 2. The lowest BCUT2D eigenvalue weighted by Crippen LogP contribution is -2.23. The second kappa shape index (κ2) is 10.2. The van der Waals surface area contributed by atoms with Crippen molar-refractivity contribution in [3.05, 3.63) is 144 Å². The van der Waals surface area contributed by atoms with Gasteiger partial charge in [-0.25, -0.2) is 4.98 Å². The fourth-order valence-corrected chi connectivity index (χ4v) is 7.94. The van der Waals surface area contributed by atoms with Crippen LogP contribution in [0.4, 0.5) is 0 Å². The molecule has 0 saturated heterocycles. The smallest absolute Gasteiger partial charge is 0.0991 e. The van der Waals surface area contributed by atoms with Crippen molar-refractivity contribution in [3.8, 4) is 39.6 Å². The van der Waals surface area contributed by atoms with Crippen LogP contribution in [0.3, 0.4) is 0 Å². The van der Waals surface area contributed by atoms with Gasteiger partial charge >= 0.3 is 0 Å². The SMILES string of the molecule is CC1(C)c2ccccc2Sc2c(-c3cc(-c4ccc(C#N)cc4)cc(-c4ccc5ccc6cccnc6c5n4)c3)cccc21. The molecule has 0 aliphatic carbocycles. The van der Waals surface area contributed by atoms with Crippen molar-refractivity contribution >= 4 is 33.6 Å². The van der Waals surface area contributed by atoms with Crippen molar-refractivity contribution in [1.82, 2.24) is 9.97 Å². The van der Waals surface area contributed by atoms with Crippen LogP contribution in [0.25, 0.3) is 55.3 Å². The van der Waals surface area contributed by atoms with E-state index in [1.807, 2.05) is 48.3 Å². The van der Waals surface area contributed by atoms with E-state index in [1.54, 1.807) is 0 Å². The highest BCUT2D eigenvalue weighted by molar-refractivity contribution is 7.99. The largest absolute Gasteiger partial charge is 0.254 e. The molecule has 0 N–H and O–H groups in total. The molecule has 0 radical (unpaired) electrons. The lowest BCUT2D eigenvalue weighted by atomic mass is 9.76. The average molecular weight is 582 g/mol. The number of fused-ring (bicyclic) bond motifs is 5. The Bertz CT molecular complexity index is 2290. The zero-order chi connectivity index (χ0) is 29.8. The van der Waals surface area contributed by atoms with Gasteiger partial charge in [0, 0.05) is 37.7 Å². The molecule has 4 heteroatoms. The van der Waals surface area contributed by atoms with Gasteiger partial charge in [0.15, 0.2) is 0 Å². The summed E-state index contributed by atoms with van der Waals surface area (Å²) in [6.45, 7) is 4.65. The van der Waals surface area contributed by atoms with Gasteiger partial charge in [0.05, 0.1) is 28.4 Å². The molecule has 1 aliphatic heterocycles. The van der Waals surface area contributed by atoms with E-state index in [9.17, 15) is 5.26 Å². The quantitative estimate of drug-likeness (QED) is 0.195. The first-order valence-electron chi connectivity index (χ1n) is 14.7. The minimum atomic E-state index is -0.116. The summed E-state index contributed by atoms with van der Waals surface area (Å²) in [5.41, 5.74) is 11.5. The van der Waals surface area contributed by atoms with Crippen LogP contribution in [-0.2, 0) is 5.41 Å². The highest BCUT2D eigenvalue weighted by Gasteiger charge is 2.34. The summed E-state index contributed by atoms with van der Waals surface area (Å²) in [5, 5.41) is 11.5. The molecule has 0 atom stereocenters. The summed E-state index contributed by atoms with van der Waals surface area (Å²) in [7, 11) is 0. The fourth-order valence-electron chi connectivity index (χ4n) is 6.41. The molecule has 0 fully saturated rings. The Morgan fingerprint density at radius 2 is 1.36 bits per heavy atom. The molecule has 0 amide bonds. The fraction of sp³-hybridized carbons (Fsp3) is 0.0750. The van der Waals surface area contributed by atoms with Crippen LogP contribution in [0, 0.1) is 11.3 Å². The third kappa shape index (κ3) is 4.28. The van der Waals surface area contributed by atoms with Crippen molar-refractivity contribution in [2.45, 2.75) is 29.1 Å². The number of hydrogen-bond acceptors (Lipinski definition) is 4. The van der Waals surface area contributed by atoms with Crippen molar-refractivity contribution in [3.63, 3.8) is 0 Å². The maximum absolute atomic E-state index is 9.41. The second-order valence-corrected chi connectivity index (χ2v) is 12.9. The third-order valence-corrected chi connectivity index (χ3v) is 10.00. The highest BCUT2D eigenvalue weighted by Crippen LogP contribution is 2.52. The van der Waals surface area contributed by atoms with Gasteiger partial charge in [-0.15, -0.1) is 0 Å². The molecule has 0 spiro atoms. The molecule has 44 heavy (non-hydrogen) atoms. The topological polar surface area (TPSA) is 49.6 Å². The van der Waals surface area contributed by atoms with Gasteiger partial charge in [0.1, 0.15) is 0 Å². The van der Waals surface area contributed by atoms with Crippen molar-refractivity contribution < 1.29 is 0 Å². The van der Waals surface area contributed by atoms with Crippen LogP contribution in [0.2, 0.25) is 0 Å². The van der Waals surface area contributed by atoms with Crippen LogP contribution in [0.5, 0.6) is 0 Å². The Morgan fingerprint density at radius 3 is 2.20 bits per heavy atom. The summed E-state index contributed by atoms with van der Waals surface area (Å²) in [4.78, 5) is 12.5. The molecule has 3 nitrogen and oxygen atoms in total. The van der Waals surface area contributed by atoms with Crippen LogP contribution < -0.4 is 0 Å². The first-order valence-corrected chi connectivity index (χ1v) is 15.5. The van der Waals surface area contributed by atoms with E-state index in [-0.39, 0.29) is 5.41 Å². The van der Waals surface area contributed by atoms with E-state index in [4.69, 9.17) is 4.98 Å². The van der Waals surface area contributed by atoms with E-state index in [0.717, 1.165) is 49.8 Å². The molecule has 1 aliphatic rings. The summed E-state index contributed by atoms with van der Waals surface area (Å²) in [6.07, 6.45) is 1.83. The standard InChI is InChI=1S/C40H27N3S/c1-40(2)33-9-3-4-11-36(33)44-39-32(8-5-10-34(39)40)30-21-29(26-14-12-25(24-41)13-15-26)22-31(23-30)35-19-18-28-17-16-27-7-6-20-42-37(27)38(28)43-35/h3-23H,1-2H3. The average Bonchev–Trinajstić information content (AvgIpc) is 3.07. The molecule has 0 unspecified atom stereocenters. The predicted molar refractivity (Wildman–Crippen MR) is 181 cm³/mol. The normalized spacial score (nSPS) is 13.3. The molecule has 2 aromatic heterocycles. The highest BCUT2D eigenvalue weighted by atomic mass is 32.2. The van der Waals surface area contributed by atoms with Gasteiger partial charge in [-0.2, -0.15) is 5.26 Å². The third-order valence-electron chi connectivity index (χ3n) is 8.78. The van der Waals surface area contributed by atoms with Crippen molar-refractivity contribution in [1.29, 1.82) is 5.26 Å². The zero-order valence-corrected chi connectivity index (χ0v) is 25.2. The van der Waals surface area contributed by atoms with E-state index in [1.165, 1.54) is 26.5 Å². The maximum Gasteiger partial charge on any atom is 0.0991 e. The molecular formula is C40H27N3S. The monoisotopic (exact) mass is 581 g/mol. The van der Waals surface area contributed by atoms with Gasteiger partial charge < -0.3 is 0 Å². The van der Waals surface area contributed by atoms with E-state index >= 15 is 0 Å². The zero-order valence-electron chi connectivity index (χ0n) is 24.4. The number of hydrogen-bond donors (Lipinski definition) is 0. The first-order chi connectivity index (χ1) is 21.5. The molecule has 7 aromatic rings. The van der Waals surface area contributed by atoms with E-state index in [0.29, 0.717) is 5.56 Å². The lowest BCUT2D eigenvalue weighted by Gasteiger charge is -2.35. The van der Waals surface area contributed by atoms with Crippen LogP contribution in [-0.4, -0.2) is 9.97 Å². The van der Waals surface area contributed by atoms with Gasteiger partial charge in [-0.3, -0.25) is 4.98 Å². The summed E-state index contributed by atoms with van der Waals surface area (Å²) < 4.78 is 0. The van der Waals surface area contributed by atoms with Gasteiger partial charge in [0.2, 0.25) is 0 Å². The molecule has 0 bridgehead atoms. The summed E-state index contributed by atoms with van der Waals surface area (Å²) in [5.74, 6) is 0. The Hall–Kier alpha value is -5.24. The maximum atomic E-state index is 9.41. The minimum Gasteiger partial charge on any atom is -0.254 e. The van der Waals surface area contributed by atoms with Crippen molar-refractivity contribution in [2.24, 2.45) is 0 Å². The Labute approximate surface area is 260 Å². The van der Waals surface area contributed by atoms with E-state index < -0.39 is 0 Å². The molecule has 208 valence electrons. The number of pyridine rings is 2. The molecule has 8 rings (SSSR count). The Kier molecular flexibility index (Phi) is 6.11. The Morgan fingerprint density at radius 1 is 0.636 bits per heavy atom.